The van der Waals surface area contributed by atoms with Gasteiger partial charge in [-0.3, -0.25) is 4.90 Å². The molecule has 1 amide bonds. The van der Waals surface area contributed by atoms with Gasteiger partial charge in [-0.15, -0.1) is 11.3 Å². The SMILES string of the molecule is CN(Cc1csc(-c2ccco2)n1)C1CC2CCC(C1)N2C(=O)OC(C)(C)C. The van der Waals surface area contributed by atoms with Gasteiger partial charge in [-0.05, 0) is 65.6 Å². The number of hydrogen-bond donors (Lipinski definition) is 0. The zero-order chi connectivity index (χ0) is 19.9. The largest absolute Gasteiger partial charge is 0.462 e. The van der Waals surface area contributed by atoms with Crippen LogP contribution in [0.3, 0.4) is 0 Å². The van der Waals surface area contributed by atoms with Crippen LogP contribution in [-0.4, -0.2) is 51.7 Å². The maximum Gasteiger partial charge on any atom is 0.410 e. The fourth-order valence-corrected chi connectivity index (χ4v) is 5.18. The van der Waals surface area contributed by atoms with Gasteiger partial charge >= 0.3 is 6.09 Å². The van der Waals surface area contributed by atoms with E-state index in [9.17, 15) is 4.79 Å². The average Bonchev–Trinajstić information content (AvgIpc) is 3.33. The fourth-order valence-electron chi connectivity index (χ4n) is 4.40. The highest BCUT2D eigenvalue weighted by atomic mass is 32.1. The van der Waals surface area contributed by atoms with Crippen LogP contribution in [0.5, 0.6) is 0 Å². The summed E-state index contributed by atoms with van der Waals surface area (Å²) < 4.78 is 11.1. The van der Waals surface area contributed by atoms with Gasteiger partial charge in [-0.2, -0.15) is 0 Å². The number of thiazole rings is 1. The van der Waals surface area contributed by atoms with E-state index in [1.807, 2.05) is 37.8 Å². The molecule has 2 atom stereocenters. The van der Waals surface area contributed by atoms with E-state index in [1.165, 1.54) is 0 Å². The standard InChI is InChI=1S/C21H29N3O3S/c1-21(2,3)27-20(25)24-15-7-8-16(24)11-17(10-15)23(4)12-14-13-28-19(22-14)18-6-5-9-26-18/h5-6,9,13,15-17H,7-8,10-12H2,1-4H3. The number of aromatic nitrogens is 1. The number of carbonyl (C=O) groups is 1. The molecule has 7 heteroatoms. The predicted octanol–water partition coefficient (Wildman–Crippen LogP) is 4.77. The first-order valence-corrected chi connectivity index (χ1v) is 10.9. The van der Waals surface area contributed by atoms with Gasteiger partial charge in [-0.25, -0.2) is 9.78 Å². The summed E-state index contributed by atoms with van der Waals surface area (Å²) in [5.41, 5.74) is 0.626. The van der Waals surface area contributed by atoms with Crippen molar-refractivity contribution in [1.29, 1.82) is 0 Å². The van der Waals surface area contributed by atoms with Crippen molar-refractivity contribution in [2.45, 2.75) is 76.7 Å². The van der Waals surface area contributed by atoms with Gasteiger partial charge in [0, 0.05) is 30.1 Å². The van der Waals surface area contributed by atoms with E-state index < -0.39 is 5.60 Å². The van der Waals surface area contributed by atoms with Crippen LogP contribution in [0.15, 0.2) is 28.2 Å². The van der Waals surface area contributed by atoms with Crippen molar-refractivity contribution in [2.75, 3.05) is 7.05 Å². The number of amides is 1. The van der Waals surface area contributed by atoms with Crippen LogP contribution in [0.4, 0.5) is 4.79 Å². The Balaban J connectivity index is 1.37. The van der Waals surface area contributed by atoms with Crippen molar-refractivity contribution in [2.24, 2.45) is 0 Å². The summed E-state index contributed by atoms with van der Waals surface area (Å²) in [6.45, 7) is 6.60. The summed E-state index contributed by atoms with van der Waals surface area (Å²) >= 11 is 1.62. The van der Waals surface area contributed by atoms with E-state index in [-0.39, 0.29) is 18.2 Å². The third-order valence-electron chi connectivity index (χ3n) is 5.63. The topological polar surface area (TPSA) is 58.8 Å². The first kappa shape index (κ1) is 19.5. The van der Waals surface area contributed by atoms with Crippen LogP contribution in [0.25, 0.3) is 10.8 Å². The van der Waals surface area contributed by atoms with Crippen molar-refractivity contribution < 1.29 is 13.9 Å². The molecule has 2 bridgehead atoms. The molecule has 6 nitrogen and oxygen atoms in total. The van der Waals surface area contributed by atoms with Gasteiger partial charge in [0.05, 0.1) is 12.0 Å². The van der Waals surface area contributed by atoms with Gasteiger partial charge in [0.2, 0.25) is 0 Å². The first-order chi connectivity index (χ1) is 13.3. The second kappa shape index (κ2) is 7.52. The molecule has 2 aromatic heterocycles. The van der Waals surface area contributed by atoms with E-state index in [1.54, 1.807) is 17.6 Å². The van der Waals surface area contributed by atoms with Crippen LogP contribution in [0, 0.1) is 0 Å². The number of rotatable bonds is 4. The normalized spacial score (nSPS) is 24.8. The van der Waals surface area contributed by atoms with Crippen LogP contribution < -0.4 is 0 Å². The van der Waals surface area contributed by atoms with Crippen LogP contribution in [0.2, 0.25) is 0 Å². The van der Waals surface area contributed by atoms with Crippen molar-refractivity contribution in [3.8, 4) is 10.8 Å². The Morgan fingerprint density at radius 2 is 2.07 bits per heavy atom. The molecule has 0 aromatic carbocycles. The number of furan rings is 1. The fraction of sp³-hybridized carbons (Fsp3) is 0.619. The van der Waals surface area contributed by atoms with E-state index in [0.29, 0.717) is 6.04 Å². The minimum Gasteiger partial charge on any atom is -0.462 e. The maximum atomic E-state index is 12.6. The van der Waals surface area contributed by atoms with Crippen LogP contribution in [0.1, 0.15) is 52.1 Å². The summed E-state index contributed by atoms with van der Waals surface area (Å²) in [7, 11) is 2.17. The Hall–Kier alpha value is -1.86. The number of fused-ring (bicyclic) bond motifs is 2. The van der Waals surface area contributed by atoms with Gasteiger partial charge in [0.1, 0.15) is 5.60 Å². The second-order valence-electron chi connectivity index (χ2n) is 8.93. The predicted molar refractivity (Wildman–Crippen MR) is 109 cm³/mol. The molecule has 0 spiro atoms. The van der Waals surface area contributed by atoms with Crippen LogP contribution >= 0.6 is 11.3 Å². The number of piperidine rings is 1. The lowest BCUT2D eigenvalue weighted by atomic mass is 9.96. The monoisotopic (exact) mass is 403 g/mol. The molecule has 2 saturated heterocycles. The quantitative estimate of drug-likeness (QED) is 0.736. The van der Waals surface area contributed by atoms with Gasteiger partial charge in [-0.1, -0.05) is 0 Å². The van der Waals surface area contributed by atoms with Gasteiger partial charge < -0.3 is 14.1 Å². The van der Waals surface area contributed by atoms with Crippen molar-refractivity contribution in [3.05, 3.63) is 29.5 Å². The number of hydrogen-bond acceptors (Lipinski definition) is 6. The number of nitrogens with zero attached hydrogens (tertiary/aromatic N) is 3. The molecule has 152 valence electrons. The molecule has 0 N–H and O–H groups in total. The Labute approximate surface area is 170 Å². The smallest absolute Gasteiger partial charge is 0.410 e. The Bertz CT molecular complexity index is 797. The van der Waals surface area contributed by atoms with E-state index >= 15 is 0 Å². The molecular formula is C21H29N3O3S. The maximum absolute atomic E-state index is 12.6. The Morgan fingerprint density at radius 3 is 2.68 bits per heavy atom. The van der Waals surface area contributed by atoms with E-state index in [0.717, 1.165) is 48.7 Å². The summed E-state index contributed by atoms with van der Waals surface area (Å²) in [6.07, 6.45) is 5.68. The lowest BCUT2D eigenvalue weighted by Crippen LogP contribution is -2.52. The van der Waals surface area contributed by atoms with Crippen molar-refractivity contribution in [3.63, 3.8) is 0 Å². The molecule has 4 heterocycles. The molecule has 2 fully saturated rings. The molecule has 2 unspecified atom stereocenters. The molecule has 0 aliphatic carbocycles. The molecule has 2 aromatic rings. The molecule has 28 heavy (non-hydrogen) atoms. The first-order valence-electron chi connectivity index (χ1n) is 10.00. The second-order valence-corrected chi connectivity index (χ2v) is 9.79. The molecule has 2 aliphatic heterocycles. The highest BCUT2D eigenvalue weighted by Crippen LogP contribution is 2.38. The van der Waals surface area contributed by atoms with E-state index in [2.05, 4.69) is 17.3 Å². The summed E-state index contributed by atoms with van der Waals surface area (Å²) in [4.78, 5) is 21.7. The van der Waals surface area contributed by atoms with Crippen molar-refractivity contribution in [1.82, 2.24) is 14.8 Å². The highest BCUT2D eigenvalue weighted by Gasteiger charge is 2.45. The van der Waals surface area contributed by atoms with Gasteiger partial charge in [0.15, 0.2) is 10.8 Å². The van der Waals surface area contributed by atoms with Crippen molar-refractivity contribution >= 4 is 17.4 Å². The van der Waals surface area contributed by atoms with Crippen LogP contribution in [-0.2, 0) is 11.3 Å². The van der Waals surface area contributed by atoms with Gasteiger partial charge in [0.25, 0.3) is 0 Å². The molecular weight excluding hydrogens is 374 g/mol. The molecule has 4 rings (SSSR count). The summed E-state index contributed by atoms with van der Waals surface area (Å²) in [6, 6.07) is 4.86. The number of ether oxygens (including phenoxy) is 1. The minimum absolute atomic E-state index is 0.149. The zero-order valence-electron chi connectivity index (χ0n) is 17.1. The molecule has 0 saturated carbocycles. The Morgan fingerprint density at radius 1 is 1.36 bits per heavy atom. The third-order valence-corrected chi connectivity index (χ3v) is 6.54. The summed E-state index contributed by atoms with van der Waals surface area (Å²) in [5.74, 6) is 0.822. The molecule has 2 aliphatic rings. The number of carbonyl (C=O) groups excluding carboxylic acids is 1. The highest BCUT2D eigenvalue weighted by molar-refractivity contribution is 7.13. The summed E-state index contributed by atoms with van der Waals surface area (Å²) in [5, 5.41) is 3.03. The lowest BCUT2D eigenvalue weighted by Gasteiger charge is -2.42. The lowest BCUT2D eigenvalue weighted by molar-refractivity contribution is -0.00284. The van der Waals surface area contributed by atoms with E-state index in [4.69, 9.17) is 14.1 Å². The minimum atomic E-state index is -0.444. The Kier molecular flexibility index (Phi) is 5.22. The molecule has 0 radical (unpaired) electrons. The average molecular weight is 404 g/mol. The zero-order valence-corrected chi connectivity index (χ0v) is 17.9. The third kappa shape index (κ3) is 4.10.